The third kappa shape index (κ3) is 3.30. The van der Waals surface area contributed by atoms with Crippen molar-refractivity contribution in [2.45, 2.75) is 57.4 Å². The predicted molar refractivity (Wildman–Crippen MR) is 85.0 cm³/mol. The highest BCUT2D eigenvalue weighted by Gasteiger charge is 2.36. The Morgan fingerprint density at radius 3 is 2.58 bits per heavy atom. The summed E-state index contributed by atoms with van der Waals surface area (Å²) in [4.78, 5) is 5.52. The van der Waals surface area contributed by atoms with Crippen molar-refractivity contribution in [3.8, 4) is 0 Å². The van der Waals surface area contributed by atoms with Gasteiger partial charge in [-0.25, -0.2) is 0 Å². The fraction of sp³-hybridized carbons (Fsp3) is 1.00. The molecule has 2 nitrogen and oxygen atoms in total. The van der Waals surface area contributed by atoms with Gasteiger partial charge in [0, 0.05) is 32.2 Å². The fourth-order valence-corrected chi connectivity index (χ4v) is 4.92. The van der Waals surface area contributed by atoms with E-state index in [1.807, 2.05) is 0 Å². The summed E-state index contributed by atoms with van der Waals surface area (Å²) < 4.78 is 0. The van der Waals surface area contributed by atoms with Crippen molar-refractivity contribution >= 4 is 12.6 Å². The average Bonchev–Trinajstić information content (AvgIpc) is 2.48. The Morgan fingerprint density at radius 1 is 0.947 bits per heavy atom. The van der Waals surface area contributed by atoms with Gasteiger partial charge in [-0.1, -0.05) is 25.7 Å². The molecule has 0 aromatic rings. The van der Waals surface area contributed by atoms with Crippen LogP contribution in [0.15, 0.2) is 0 Å². The number of piperazine rings is 1. The lowest BCUT2D eigenvalue weighted by molar-refractivity contribution is 0.0221. The third-order valence-corrected chi connectivity index (χ3v) is 6.40. The van der Waals surface area contributed by atoms with Crippen LogP contribution in [0, 0.1) is 5.41 Å². The van der Waals surface area contributed by atoms with Gasteiger partial charge in [0.05, 0.1) is 0 Å². The van der Waals surface area contributed by atoms with E-state index >= 15 is 0 Å². The number of piperidine rings is 1. The van der Waals surface area contributed by atoms with Gasteiger partial charge in [0.2, 0.25) is 0 Å². The van der Waals surface area contributed by atoms with Gasteiger partial charge in [-0.2, -0.15) is 12.6 Å². The van der Waals surface area contributed by atoms with E-state index in [1.165, 1.54) is 84.1 Å². The van der Waals surface area contributed by atoms with Gasteiger partial charge in [0.25, 0.3) is 0 Å². The Bertz CT molecular complexity index is 288. The summed E-state index contributed by atoms with van der Waals surface area (Å²) in [6, 6.07) is 0.864. The third-order valence-electron chi connectivity index (χ3n) is 5.73. The fourth-order valence-electron chi connectivity index (χ4n) is 4.51. The van der Waals surface area contributed by atoms with Crippen LogP contribution in [0.5, 0.6) is 0 Å². The Labute approximate surface area is 124 Å². The summed E-state index contributed by atoms with van der Waals surface area (Å²) in [6.45, 7) is 6.62. The van der Waals surface area contributed by atoms with E-state index < -0.39 is 0 Å². The molecule has 3 rings (SSSR count). The topological polar surface area (TPSA) is 6.48 Å². The number of rotatable bonds is 3. The lowest BCUT2D eigenvalue weighted by Gasteiger charge is -2.47. The Hall–Kier alpha value is 0.270. The molecule has 19 heavy (non-hydrogen) atoms. The summed E-state index contributed by atoms with van der Waals surface area (Å²) >= 11 is 4.70. The van der Waals surface area contributed by atoms with E-state index in [1.54, 1.807) is 0 Å². The van der Waals surface area contributed by atoms with Crippen LogP contribution in [-0.4, -0.2) is 54.3 Å². The number of hydrogen-bond donors (Lipinski definition) is 1. The quantitative estimate of drug-likeness (QED) is 0.795. The van der Waals surface area contributed by atoms with E-state index in [4.69, 9.17) is 12.6 Å². The smallest absolute Gasteiger partial charge is 0.0223 e. The van der Waals surface area contributed by atoms with Crippen molar-refractivity contribution in [3.63, 3.8) is 0 Å². The SMILES string of the molecule is SCC1(CN2CCN3CCCCC3C2)CCCCC1. The summed E-state index contributed by atoms with van der Waals surface area (Å²) in [5, 5.41) is 0. The Kier molecular flexibility index (Phi) is 4.76. The van der Waals surface area contributed by atoms with Crippen LogP contribution in [-0.2, 0) is 0 Å². The van der Waals surface area contributed by atoms with Gasteiger partial charge in [-0.15, -0.1) is 0 Å². The second-order valence-electron chi connectivity index (χ2n) is 7.14. The minimum Gasteiger partial charge on any atom is -0.300 e. The molecule has 1 atom stereocenters. The maximum Gasteiger partial charge on any atom is 0.0223 e. The molecule has 0 aromatic heterocycles. The molecule has 2 aliphatic heterocycles. The minimum absolute atomic E-state index is 0.540. The molecule has 0 aromatic carbocycles. The zero-order valence-electron chi connectivity index (χ0n) is 12.3. The van der Waals surface area contributed by atoms with E-state index in [2.05, 4.69) is 9.80 Å². The molecule has 110 valence electrons. The van der Waals surface area contributed by atoms with Gasteiger partial charge in [-0.05, 0) is 43.4 Å². The zero-order chi connectivity index (χ0) is 13.1. The lowest BCUT2D eigenvalue weighted by Crippen LogP contribution is -2.56. The number of thiol groups is 1. The van der Waals surface area contributed by atoms with Crippen LogP contribution in [0.25, 0.3) is 0 Å². The van der Waals surface area contributed by atoms with Gasteiger partial charge in [0.1, 0.15) is 0 Å². The van der Waals surface area contributed by atoms with Gasteiger partial charge in [0.15, 0.2) is 0 Å². The van der Waals surface area contributed by atoms with Gasteiger partial charge >= 0.3 is 0 Å². The van der Waals surface area contributed by atoms with E-state index in [9.17, 15) is 0 Å². The Balaban J connectivity index is 1.57. The van der Waals surface area contributed by atoms with Gasteiger partial charge in [-0.3, -0.25) is 9.80 Å². The normalized spacial score (nSPS) is 33.0. The molecule has 0 N–H and O–H groups in total. The van der Waals surface area contributed by atoms with Crippen molar-refractivity contribution in [1.29, 1.82) is 0 Å². The summed E-state index contributed by atoms with van der Waals surface area (Å²) in [6.07, 6.45) is 11.5. The molecule has 0 amide bonds. The molecule has 3 heteroatoms. The average molecular weight is 282 g/mol. The minimum atomic E-state index is 0.540. The molecule has 0 bridgehead atoms. The number of hydrogen-bond acceptors (Lipinski definition) is 3. The van der Waals surface area contributed by atoms with Crippen molar-refractivity contribution < 1.29 is 0 Å². The first-order chi connectivity index (χ1) is 9.31. The molecule has 3 fully saturated rings. The molecular formula is C16H30N2S. The maximum absolute atomic E-state index is 4.70. The van der Waals surface area contributed by atoms with Crippen molar-refractivity contribution in [2.75, 3.05) is 38.5 Å². The highest BCUT2D eigenvalue weighted by atomic mass is 32.1. The van der Waals surface area contributed by atoms with Crippen molar-refractivity contribution in [2.24, 2.45) is 5.41 Å². The molecule has 2 saturated heterocycles. The van der Waals surface area contributed by atoms with Crippen LogP contribution in [0.1, 0.15) is 51.4 Å². The van der Waals surface area contributed by atoms with E-state index in [0.29, 0.717) is 5.41 Å². The molecule has 1 unspecified atom stereocenters. The van der Waals surface area contributed by atoms with Gasteiger partial charge < -0.3 is 0 Å². The summed E-state index contributed by atoms with van der Waals surface area (Å²) in [5.41, 5.74) is 0.540. The van der Waals surface area contributed by atoms with Crippen LogP contribution in [0.3, 0.4) is 0 Å². The molecule has 3 aliphatic rings. The first-order valence-electron chi connectivity index (χ1n) is 8.39. The molecule has 0 radical (unpaired) electrons. The molecule has 1 saturated carbocycles. The first-order valence-corrected chi connectivity index (χ1v) is 9.02. The standard InChI is InChI=1S/C16H30N2S/c19-14-16(7-3-1-4-8-16)13-17-10-11-18-9-5-2-6-15(18)12-17/h15,19H,1-14H2. The first kappa shape index (κ1) is 14.2. The van der Waals surface area contributed by atoms with E-state index in [-0.39, 0.29) is 0 Å². The predicted octanol–water partition coefficient (Wildman–Crippen LogP) is 3.04. The Morgan fingerprint density at radius 2 is 1.79 bits per heavy atom. The monoisotopic (exact) mass is 282 g/mol. The van der Waals surface area contributed by atoms with Crippen LogP contribution in [0.2, 0.25) is 0 Å². The van der Waals surface area contributed by atoms with E-state index in [0.717, 1.165) is 11.8 Å². The second kappa shape index (κ2) is 6.36. The van der Waals surface area contributed by atoms with Crippen LogP contribution >= 0.6 is 12.6 Å². The van der Waals surface area contributed by atoms with Crippen LogP contribution in [0.4, 0.5) is 0 Å². The zero-order valence-corrected chi connectivity index (χ0v) is 13.2. The lowest BCUT2D eigenvalue weighted by atomic mass is 9.75. The molecule has 2 heterocycles. The molecule has 1 aliphatic carbocycles. The molecule has 0 spiro atoms. The highest BCUT2D eigenvalue weighted by molar-refractivity contribution is 7.80. The summed E-state index contributed by atoms with van der Waals surface area (Å²) in [7, 11) is 0. The molecular weight excluding hydrogens is 252 g/mol. The van der Waals surface area contributed by atoms with Crippen LogP contribution < -0.4 is 0 Å². The van der Waals surface area contributed by atoms with Crippen molar-refractivity contribution in [3.05, 3.63) is 0 Å². The summed E-state index contributed by atoms with van der Waals surface area (Å²) in [5.74, 6) is 1.10. The second-order valence-corrected chi connectivity index (χ2v) is 7.46. The number of nitrogens with zero attached hydrogens (tertiary/aromatic N) is 2. The highest BCUT2D eigenvalue weighted by Crippen LogP contribution is 2.38. The number of fused-ring (bicyclic) bond motifs is 1. The largest absolute Gasteiger partial charge is 0.300 e. The van der Waals surface area contributed by atoms with Crippen molar-refractivity contribution in [1.82, 2.24) is 9.80 Å². The maximum atomic E-state index is 4.70.